The van der Waals surface area contributed by atoms with Crippen LogP contribution in [0.4, 0.5) is 0 Å². The van der Waals surface area contributed by atoms with Crippen LogP contribution in [0, 0.1) is 0 Å². The molecule has 3 aromatic rings. The van der Waals surface area contributed by atoms with Crippen LogP contribution in [0.1, 0.15) is 18.5 Å². The maximum absolute atomic E-state index is 5.90. The Bertz CT molecular complexity index is 687. The fraction of sp³-hybridized carbons (Fsp3) is 0.133. The molecule has 0 bridgehead atoms. The Hall–Kier alpha value is -1.93. The molecule has 2 heteroatoms. The van der Waals surface area contributed by atoms with Crippen LogP contribution in [0.5, 0.6) is 0 Å². The van der Waals surface area contributed by atoms with Gasteiger partial charge in [0, 0.05) is 16.8 Å². The van der Waals surface area contributed by atoms with Crippen molar-refractivity contribution in [2.75, 3.05) is 0 Å². The summed E-state index contributed by atoms with van der Waals surface area (Å²) in [5.74, 6) is 0. The molecule has 0 radical (unpaired) electrons. The number of hydrogen-bond acceptors (Lipinski definition) is 2. The minimum Gasteiger partial charge on any atom is -0.324 e. The molecule has 0 spiro atoms. The number of fused-ring (bicyclic) bond motifs is 2. The molecule has 2 aromatic carbocycles. The SMILES string of the molecule is CC(N)c1ccc2nc3ccccc3cc2c1. The number of nitrogens with two attached hydrogens (primary N) is 1. The van der Waals surface area contributed by atoms with Crippen LogP contribution in [0.25, 0.3) is 21.8 Å². The number of para-hydroxylation sites is 1. The minimum atomic E-state index is 0.0610. The van der Waals surface area contributed by atoms with Crippen molar-refractivity contribution in [1.29, 1.82) is 0 Å². The highest BCUT2D eigenvalue weighted by atomic mass is 14.7. The van der Waals surface area contributed by atoms with Crippen LogP contribution < -0.4 is 5.73 Å². The molecular formula is C15H14N2. The third kappa shape index (κ3) is 1.77. The van der Waals surface area contributed by atoms with E-state index < -0.39 is 0 Å². The predicted octanol–water partition coefficient (Wildman–Crippen LogP) is 3.41. The van der Waals surface area contributed by atoms with Crippen molar-refractivity contribution in [1.82, 2.24) is 4.98 Å². The van der Waals surface area contributed by atoms with Crippen LogP contribution in [0.2, 0.25) is 0 Å². The van der Waals surface area contributed by atoms with Crippen LogP contribution in [0.3, 0.4) is 0 Å². The average Bonchev–Trinajstić information content (AvgIpc) is 2.35. The summed E-state index contributed by atoms with van der Waals surface area (Å²) in [5, 5.41) is 2.32. The third-order valence-electron chi connectivity index (χ3n) is 3.07. The smallest absolute Gasteiger partial charge is 0.0709 e. The number of hydrogen-bond donors (Lipinski definition) is 1. The molecule has 0 aliphatic rings. The first-order chi connectivity index (χ1) is 8.24. The molecule has 0 fully saturated rings. The first kappa shape index (κ1) is 10.2. The van der Waals surface area contributed by atoms with Crippen molar-refractivity contribution in [3.8, 4) is 0 Å². The highest BCUT2D eigenvalue weighted by Gasteiger charge is 2.03. The lowest BCUT2D eigenvalue weighted by Gasteiger charge is -2.07. The van der Waals surface area contributed by atoms with Crippen molar-refractivity contribution < 1.29 is 0 Å². The maximum Gasteiger partial charge on any atom is 0.0709 e. The number of pyridine rings is 1. The second-order valence-electron chi connectivity index (χ2n) is 4.42. The molecule has 0 aliphatic heterocycles. The second kappa shape index (κ2) is 3.82. The lowest BCUT2D eigenvalue weighted by Crippen LogP contribution is -2.04. The number of benzene rings is 2. The fourth-order valence-electron chi connectivity index (χ4n) is 2.08. The molecule has 1 atom stereocenters. The van der Waals surface area contributed by atoms with E-state index in [0.717, 1.165) is 22.0 Å². The molecule has 2 nitrogen and oxygen atoms in total. The first-order valence-electron chi connectivity index (χ1n) is 5.79. The zero-order valence-corrected chi connectivity index (χ0v) is 9.72. The van der Waals surface area contributed by atoms with Crippen molar-refractivity contribution in [2.24, 2.45) is 5.73 Å². The van der Waals surface area contributed by atoms with Crippen molar-refractivity contribution in [3.63, 3.8) is 0 Å². The summed E-state index contributed by atoms with van der Waals surface area (Å²) in [5.41, 5.74) is 9.10. The van der Waals surface area contributed by atoms with Crippen LogP contribution in [-0.4, -0.2) is 4.98 Å². The maximum atomic E-state index is 5.90. The van der Waals surface area contributed by atoms with E-state index in [1.807, 2.05) is 31.2 Å². The molecule has 3 rings (SSSR count). The van der Waals surface area contributed by atoms with E-state index in [1.165, 1.54) is 5.39 Å². The van der Waals surface area contributed by atoms with E-state index in [4.69, 9.17) is 5.73 Å². The van der Waals surface area contributed by atoms with E-state index >= 15 is 0 Å². The Labute approximate surface area is 100 Å². The van der Waals surface area contributed by atoms with E-state index in [2.05, 4.69) is 29.2 Å². The van der Waals surface area contributed by atoms with Crippen LogP contribution >= 0.6 is 0 Å². The van der Waals surface area contributed by atoms with Gasteiger partial charge in [-0.15, -0.1) is 0 Å². The van der Waals surface area contributed by atoms with Gasteiger partial charge in [-0.3, -0.25) is 0 Å². The lowest BCUT2D eigenvalue weighted by molar-refractivity contribution is 0.820. The van der Waals surface area contributed by atoms with Gasteiger partial charge >= 0.3 is 0 Å². The van der Waals surface area contributed by atoms with Gasteiger partial charge in [0.15, 0.2) is 0 Å². The molecule has 0 amide bonds. The van der Waals surface area contributed by atoms with E-state index in [-0.39, 0.29) is 6.04 Å². The Balaban J connectivity index is 2.32. The first-order valence-corrected chi connectivity index (χ1v) is 5.79. The zero-order chi connectivity index (χ0) is 11.8. The molecule has 1 heterocycles. The Morgan fingerprint density at radius 1 is 0.941 bits per heavy atom. The van der Waals surface area contributed by atoms with Gasteiger partial charge in [-0.25, -0.2) is 4.98 Å². The van der Waals surface area contributed by atoms with E-state index in [0.29, 0.717) is 0 Å². The molecule has 0 aliphatic carbocycles. The molecule has 17 heavy (non-hydrogen) atoms. The summed E-state index contributed by atoms with van der Waals surface area (Å²) >= 11 is 0. The summed E-state index contributed by atoms with van der Waals surface area (Å²) in [6.07, 6.45) is 0. The van der Waals surface area contributed by atoms with E-state index in [1.54, 1.807) is 0 Å². The van der Waals surface area contributed by atoms with Gasteiger partial charge in [0.1, 0.15) is 0 Å². The summed E-state index contributed by atoms with van der Waals surface area (Å²) in [4.78, 5) is 4.64. The Morgan fingerprint density at radius 3 is 2.53 bits per heavy atom. The monoisotopic (exact) mass is 222 g/mol. The van der Waals surface area contributed by atoms with Crippen molar-refractivity contribution >= 4 is 21.8 Å². The molecule has 2 N–H and O–H groups in total. The quantitative estimate of drug-likeness (QED) is 0.641. The summed E-state index contributed by atoms with van der Waals surface area (Å²) < 4.78 is 0. The normalized spacial score (nSPS) is 13.1. The minimum absolute atomic E-state index is 0.0610. The summed E-state index contributed by atoms with van der Waals surface area (Å²) in [6.45, 7) is 2.00. The Kier molecular flexibility index (Phi) is 2.30. The molecule has 84 valence electrons. The molecule has 1 aromatic heterocycles. The zero-order valence-electron chi connectivity index (χ0n) is 9.72. The van der Waals surface area contributed by atoms with Gasteiger partial charge in [-0.05, 0) is 36.8 Å². The predicted molar refractivity (Wildman–Crippen MR) is 71.9 cm³/mol. The van der Waals surface area contributed by atoms with Gasteiger partial charge < -0.3 is 5.73 Å². The summed E-state index contributed by atoms with van der Waals surface area (Å²) in [6, 6.07) is 16.6. The highest BCUT2D eigenvalue weighted by molar-refractivity contribution is 5.92. The largest absolute Gasteiger partial charge is 0.324 e. The fourth-order valence-corrected chi connectivity index (χ4v) is 2.08. The standard InChI is InChI=1S/C15H14N2/c1-10(16)11-6-7-15-13(8-11)9-12-4-2-3-5-14(12)17-15/h2-10H,16H2,1H3. The summed E-state index contributed by atoms with van der Waals surface area (Å²) in [7, 11) is 0. The van der Waals surface area contributed by atoms with Gasteiger partial charge in [0.05, 0.1) is 11.0 Å². The average molecular weight is 222 g/mol. The molecule has 1 unspecified atom stereocenters. The second-order valence-corrected chi connectivity index (χ2v) is 4.42. The highest BCUT2D eigenvalue weighted by Crippen LogP contribution is 2.22. The van der Waals surface area contributed by atoms with Gasteiger partial charge in [0.25, 0.3) is 0 Å². The Morgan fingerprint density at radius 2 is 1.71 bits per heavy atom. The molecule has 0 saturated carbocycles. The van der Waals surface area contributed by atoms with Crippen molar-refractivity contribution in [2.45, 2.75) is 13.0 Å². The molecular weight excluding hydrogens is 208 g/mol. The number of nitrogens with zero attached hydrogens (tertiary/aromatic N) is 1. The van der Waals surface area contributed by atoms with Crippen LogP contribution in [-0.2, 0) is 0 Å². The third-order valence-corrected chi connectivity index (χ3v) is 3.07. The number of aromatic nitrogens is 1. The van der Waals surface area contributed by atoms with Crippen molar-refractivity contribution in [3.05, 3.63) is 54.1 Å². The van der Waals surface area contributed by atoms with Gasteiger partial charge in [0.2, 0.25) is 0 Å². The topological polar surface area (TPSA) is 38.9 Å². The number of rotatable bonds is 1. The van der Waals surface area contributed by atoms with Crippen LogP contribution in [0.15, 0.2) is 48.5 Å². The molecule has 0 saturated heterocycles. The lowest BCUT2D eigenvalue weighted by atomic mass is 10.0. The van der Waals surface area contributed by atoms with Gasteiger partial charge in [-0.2, -0.15) is 0 Å². The van der Waals surface area contributed by atoms with E-state index in [9.17, 15) is 0 Å². The van der Waals surface area contributed by atoms with Gasteiger partial charge in [-0.1, -0.05) is 24.3 Å².